The minimum Gasteiger partial charge on any atom is -0.370 e. The van der Waals surface area contributed by atoms with E-state index >= 15 is 0 Å². The number of fused-ring (bicyclic) bond motifs is 1. The zero-order valence-corrected chi connectivity index (χ0v) is 14.2. The van der Waals surface area contributed by atoms with Gasteiger partial charge in [-0.1, -0.05) is 18.2 Å². The Morgan fingerprint density at radius 3 is 2.72 bits per heavy atom. The normalized spacial score (nSPS) is 18.3. The van der Waals surface area contributed by atoms with E-state index in [1.807, 2.05) is 24.3 Å². The molecule has 3 heterocycles. The summed E-state index contributed by atoms with van der Waals surface area (Å²) in [6.45, 7) is 3.43. The highest BCUT2D eigenvalue weighted by atomic mass is 16.2. The Hall–Kier alpha value is -2.63. The molecule has 0 atom stereocenters. The van der Waals surface area contributed by atoms with Crippen LogP contribution >= 0.6 is 0 Å². The summed E-state index contributed by atoms with van der Waals surface area (Å²) in [5.41, 5.74) is 2.56. The lowest BCUT2D eigenvalue weighted by molar-refractivity contribution is -0.120. The number of carbonyl (C=O) groups excluding carboxylic acids is 2. The largest absolute Gasteiger partial charge is 0.370 e. The Kier molecular flexibility index (Phi) is 4.26. The first-order chi connectivity index (χ1) is 12.2. The number of nitrogens with one attached hydrogen (secondary N) is 1. The summed E-state index contributed by atoms with van der Waals surface area (Å²) in [4.78, 5) is 33.4. The van der Waals surface area contributed by atoms with Crippen LogP contribution in [0.15, 0.2) is 30.5 Å². The molecule has 0 saturated carbocycles. The Labute approximate surface area is 146 Å². The second kappa shape index (κ2) is 6.70. The van der Waals surface area contributed by atoms with Crippen LogP contribution in [0.3, 0.4) is 0 Å². The molecule has 1 N–H and O–H groups in total. The van der Waals surface area contributed by atoms with Gasteiger partial charge in [0.2, 0.25) is 5.91 Å². The molecule has 0 unspecified atom stereocenters. The number of pyridine rings is 1. The molecule has 6 heteroatoms. The number of para-hydroxylation sites is 1. The summed E-state index contributed by atoms with van der Waals surface area (Å²) in [6.07, 6.45) is 4.35. The smallest absolute Gasteiger partial charge is 0.257 e. The highest BCUT2D eigenvalue weighted by Gasteiger charge is 2.27. The van der Waals surface area contributed by atoms with Gasteiger partial charge in [-0.3, -0.25) is 14.6 Å². The second-order valence-electron chi connectivity index (χ2n) is 6.62. The summed E-state index contributed by atoms with van der Waals surface area (Å²) in [5.74, 6) is -0.0247. The molecule has 2 aliphatic heterocycles. The zero-order chi connectivity index (χ0) is 17.2. The van der Waals surface area contributed by atoms with Crippen molar-refractivity contribution in [2.75, 3.05) is 37.6 Å². The van der Waals surface area contributed by atoms with Crippen LogP contribution in [-0.2, 0) is 4.79 Å². The number of benzene rings is 1. The number of hydrogen-bond acceptors (Lipinski definition) is 4. The van der Waals surface area contributed by atoms with Crippen molar-refractivity contribution in [2.45, 2.75) is 19.3 Å². The van der Waals surface area contributed by atoms with E-state index in [2.05, 4.69) is 15.2 Å². The van der Waals surface area contributed by atoms with Crippen LogP contribution in [0.25, 0.3) is 10.9 Å². The van der Waals surface area contributed by atoms with Crippen LogP contribution in [-0.4, -0.2) is 54.4 Å². The molecule has 6 nitrogen and oxygen atoms in total. The van der Waals surface area contributed by atoms with E-state index in [0.29, 0.717) is 31.6 Å². The maximum Gasteiger partial charge on any atom is 0.257 e. The van der Waals surface area contributed by atoms with Gasteiger partial charge in [0.25, 0.3) is 5.91 Å². The quantitative estimate of drug-likeness (QED) is 0.907. The van der Waals surface area contributed by atoms with Crippen molar-refractivity contribution >= 4 is 28.4 Å². The van der Waals surface area contributed by atoms with Crippen molar-refractivity contribution in [3.05, 3.63) is 36.0 Å². The van der Waals surface area contributed by atoms with Gasteiger partial charge in [0.15, 0.2) is 0 Å². The molecular weight excluding hydrogens is 316 g/mol. The van der Waals surface area contributed by atoms with Crippen LogP contribution in [0, 0.1) is 0 Å². The fourth-order valence-corrected chi connectivity index (χ4v) is 3.71. The van der Waals surface area contributed by atoms with E-state index in [0.717, 1.165) is 42.5 Å². The average molecular weight is 338 g/mol. The third-order valence-corrected chi connectivity index (χ3v) is 5.00. The maximum atomic E-state index is 13.2. The van der Waals surface area contributed by atoms with E-state index in [1.165, 1.54) is 0 Å². The first kappa shape index (κ1) is 15.9. The van der Waals surface area contributed by atoms with Gasteiger partial charge in [-0.05, 0) is 18.9 Å². The van der Waals surface area contributed by atoms with Gasteiger partial charge in [-0.25, -0.2) is 0 Å². The van der Waals surface area contributed by atoms with Gasteiger partial charge in [0, 0.05) is 50.7 Å². The van der Waals surface area contributed by atoms with Gasteiger partial charge in [0.1, 0.15) is 0 Å². The van der Waals surface area contributed by atoms with E-state index in [9.17, 15) is 9.59 Å². The molecule has 1 aromatic heterocycles. The molecule has 2 saturated heterocycles. The van der Waals surface area contributed by atoms with Gasteiger partial charge in [-0.15, -0.1) is 0 Å². The highest BCUT2D eigenvalue weighted by Crippen LogP contribution is 2.32. The minimum absolute atomic E-state index is 0.00621. The summed E-state index contributed by atoms with van der Waals surface area (Å²) >= 11 is 0. The molecule has 2 amide bonds. The predicted molar refractivity (Wildman–Crippen MR) is 96.7 cm³/mol. The first-order valence-electron chi connectivity index (χ1n) is 8.93. The summed E-state index contributed by atoms with van der Waals surface area (Å²) in [5, 5.41) is 3.85. The predicted octanol–water partition coefficient (Wildman–Crippen LogP) is 1.80. The number of carbonyl (C=O) groups is 2. The topological polar surface area (TPSA) is 65.5 Å². The number of anilines is 1. The Morgan fingerprint density at radius 2 is 1.88 bits per heavy atom. The van der Waals surface area contributed by atoms with E-state index in [4.69, 9.17) is 0 Å². The monoisotopic (exact) mass is 338 g/mol. The fourth-order valence-electron chi connectivity index (χ4n) is 3.71. The molecule has 0 spiro atoms. The van der Waals surface area contributed by atoms with Crippen LogP contribution in [0.4, 0.5) is 5.69 Å². The molecule has 0 radical (unpaired) electrons. The molecule has 25 heavy (non-hydrogen) atoms. The van der Waals surface area contributed by atoms with Crippen molar-refractivity contribution in [1.29, 1.82) is 0 Å². The SMILES string of the molecule is O=C1CCN(C(=O)c2cnc3ccccc3c2N2CCCC2)CCN1. The van der Waals surface area contributed by atoms with Crippen molar-refractivity contribution < 1.29 is 9.59 Å². The van der Waals surface area contributed by atoms with Crippen molar-refractivity contribution in [3.8, 4) is 0 Å². The lowest BCUT2D eigenvalue weighted by Crippen LogP contribution is -2.35. The molecule has 2 fully saturated rings. The molecular formula is C19H22N4O2. The Balaban J connectivity index is 1.76. The third kappa shape index (κ3) is 3.04. The Bertz CT molecular complexity index is 814. The Morgan fingerprint density at radius 1 is 1.08 bits per heavy atom. The van der Waals surface area contributed by atoms with E-state index in [-0.39, 0.29) is 11.8 Å². The number of amides is 2. The van der Waals surface area contributed by atoms with E-state index in [1.54, 1.807) is 11.1 Å². The van der Waals surface area contributed by atoms with Gasteiger partial charge >= 0.3 is 0 Å². The standard InChI is InChI=1S/C19H22N4O2/c24-17-7-11-23(12-8-20-17)19(25)15-13-21-16-6-2-1-5-14(16)18(15)22-9-3-4-10-22/h1-2,5-6,13H,3-4,7-12H2,(H,20,24). The van der Waals surface area contributed by atoms with Crippen molar-refractivity contribution in [1.82, 2.24) is 15.2 Å². The summed E-state index contributed by atoms with van der Waals surface area (Å²) < 4.78 is 0. The molecule has 4 rings (SSSR count). The lowest BCUT2D eigenvalue weighted by atomic mass is 10.1. The van der Waals surface area contributed by atoms with Crippen LogP contribution in [0.5, 0.6) is 0 Å². The third-order valence-electron chi connectivity index (χ3n) is 5.00. The van der Waals surface area contributed by atoms with Gasteiger partial charge < -0.3 is 15.1 Å². The summed E-state index contributed by atoms with van der Waals surface area (Å²) in [7, 11) is 0. The zero-order valence-electron chi connectivity index (χ0n) is 14.2. The van der Waals surface area contributed by atoms with Crippen molar-refractivity contribution in [3.63, 3.8) is 0 Å². The molecule has 130 valence electrons. The second-order valence-corrected chi connectivity index (χ2v) is 6.62. The minimum atomic E-state index is -0.0309. The van der Waals surface area contributed by atoms with Crippen LogP contribution < -0.4 is 10.2 Å². The molecule has 0 bridgehead atoms. The highest BCUT2D eigenvalue weighted by molar-refractivity contribution is 6.07. The number of rotatable bonds is 2. The average Bonchev–Trinajstić information content (AvgIpc) is 3.08. The fraction of sp³-hybridized carbons (Fsp3) is 0.421. The first-order valence-corrected chi connectivity index (χ1v) is 8.93. The molecule has 2 aliphatic rings. The van der Waals surface area contributed by atoms with E-state index < -0.39 is 0 Å². The molecule has 0 aliphatic carbocycles. The van der Waals surface area contributed by atoms with Crippen LogP contribution in [0.1, 0.15) is 29.6 Å². The maximum absolute atomic E-state index is 13.2. The summed E-state index contributed by atoms with van der Waals surface area (Å²) in [6, 6.07) is 7.99. The lowest BCUT2D eigenvalue weighted by Gasteiger charge is -2.26. The molecule has 2 aromatic rings. The van der Waals surface area contributed by atoms with Gasteiger partial charge in [0.05, 0.1) is 16.8 Å². The van der Waals surface area contributed by atoms with Gasteiger partial charge in [-0.2, -0.15) is 0 Å². The number of aromatic nitrogens is 1. The number of nitrogens with zero attached hydrogens (tertiary/aromatic N) is 3. The van der Waals surface area contributed by atoms with Crippen molar-refractivity contribution in [2.24, 2.45) is 0 Å². The molecule has 1 aromatic carbocycles. The number of hydrogen-bond donors (Lipinski definition) is 1. The van der Waals surface area contributed by atoms with Crippen LogP contribution in [0.2, 0.25) is 0 Å².